The van der Waals surface area contributed by atoms with Crippen LogP contribution in [0.15, 0.2) is 42.6 Å². The van der Waals surface area contributed by atoms with Crippen molar-refractivity contribution < 1.29 is 18.7 Å². The van der Waals surface area contributed by atoms with Crippen LogP contribution in [-0.2, 0) is 11.2 Å². The number of pyridine rings is 1. The zero-order valence-corrected chi connectivity index (χ0v) is 18.0. The number of aromatic nitrogens is 1. The van der Waals surface area contributed by atoms with Crippen molar-refractivity contribution in [3.8, 4) is 5.88 Å². The third-order valence-electron chi connectivity index (χ3n) is 5.99. The number of esters is 1. The summed E-state index contributed by atoms with van der Waals surface area (Å²) in [6.45, 7) is 2.28. The number of carbonyl (C=O) groups excluding carboxylic acids is 1. The van der Waals surface area contributed by atoms with Crippen LogP contribution in [0.5, 0.6) is 5.88 Å². The second-order valence-corrected chi connectivity index (χ2v) is 8.13. The number of hydrogen-bond donors (Lipinski definition) is 0. The summed E-state index contributed by atoms with van der Waals surface area (Å²) in [6, 6.07) is 9.75. The molecular formula is C25H29FN2O3. The van der Waals surface area contributed by atoms with Crippen LogP contribution in [0.4, 0.5) is 4.39 Å². The fraction of sp³-hybridized carbons (Fsp3) is 0.440. The molecule has 0 N–H and O–H groups in total. The predicted molar refractivity (Wildman–Crippen MR) is 118 cm³/mol. The molecule has 0 radical (unpaired) electrons. The summed E-state index contributed by atoms with van der Waals surface area (Å²) in [6.07, 6.45) is 8.68. The molecule has 2 aliphatic rings. The summed E-state index contributed by atoms with van der Waals surface area (Å²) in [7, 11) is 1.40. The van der Waals surface area contributed by atoms with Crippen molar-refractivity contribution in [2.24, 2.45) is 0 Å². The van der Waals surface area contributed by atoms with E-state index in [1.807, 2.05) is 36.5 Å². The van der Waals surface area contributed by atoms with Crippen molar-refractivity contribution in [3.05, 3.63) is 64.9 Å². The van der Waals surface area contributed by atoms with Crippen LogP contribution in [0.25, 0.3) is 5.57 Å². The topological polar surface area (TPSA) is 51.7 Å². The third kappa shape index (κ3) is 5.13. The van der Waals surface area contributed by atoms with Crippen molar-refractivity contribution >= 4 is 11.5 Å². The number of aryl methyl sites for hydroxylation is 1. The normalized spacial score (nSPS) is 18.8. The molecule has 1 saturated heterocycles. The van der Waals surface area contributed by atoms with Crippen molar-refractivity contribution in [2.45, 2.75) is 38.2 Å². The first kappa shape index (κ1) is 21.5. The Morgan fingerprint density at radius 3 is 2.97 bits per heavy atom. The van der Waals surface area contributed by atoms with E-state index in [0.29, 0.717) is 17.9 Å². The molecule has 1 aromatic heterocycles. The Morgan fingerprint density at radius 1 is 1.29 bits per heavy atom. The number of benzene rings is 1. The van der Waals surface area contributed by atoms with E-state index in [0.717, 1.165) is 67.6 Å². The summed E-state index contributed by atoms with van der Waals surface area (Å²) in [4.78, 5) is 18.7. The largest absolute Gasteiger partial charge is 0.473 e. The molecule has 1 aromatic carbocycles. The van der Waals surface area contributed by atoms with E-state index in [1.165, 1.54) is 7.11 Å². The molecule has 31 heavy (non-hydrogen) atoms. The zero-order valence-electron chi connectivity index (χ0n) is 18.0. The number of fused-ring (bicyclic) bond motifs is 1. The van der Waals surface area contributed by atoms with Gasteiger partial charge in [-0.15, -0.1) is 0 Å². The maximum atomic E-state index is 12.4. The van der Waals surface area contributed by atoms with Gasteiger partial charge in [0.25, 0.3) is 0 Å². The second-order valence-electron chi connectivity index (χ2n) is 8.13. The van der Waals surface area contributed by atoms with E-state index < -0.39 is 0 Å². The summed E-state index contributed by atoms with van der Waals surface area (Å²) in [5.74, 6) is 0.312. The van der Waals surface area contributed by atoms with Gasteiger partial charge in [0, 0.05) is 37.5 Å². The second kappa shape index (κ2) is 10.1. The standard InChI is InChI=1S/C25H29FN2O3/c1-30-25(29)19-7-9-23-18(15-19)5-2-3-6-22(23)20-8-10-24(27-16-20)31-21-11-14-28(17-21)13-4-12-26/h6-10,15-16,21H,2-5,11-14,17H2,1H3. The number of rotatable bonds is 7. The third-order valence-corrected chi connectivity index (χ3v) is 5.99. The molecule has 0 bridgehead atoms. The Morgan fingerprint density at radius 2 is 2.19 bits per heavy atom. The van der Waals surface area contributed by atoms with E-state index in [9.17, 15) is 9.18 Å². The highest BCUT2D eigenvalue weighted by atomic mass is 19.1. The number of halogens is 1. The van der Waals surface area contributed by atoms with Crippen LogP contribution in [0.2, 0.25) is 0 Å². The molecular weight excluding hydrogens is 395 g/mol. The van der Waals surface area contributed by atoms with Gasteiger partial charge in [-0.3, -0.25) is 9.29 Å². The number of allylic oxidation sites excluding steroid dienone is 1. The van der Waals surface area contributed by atoms with Crippen LogP contribution in [0, 0.1) is 0 Å². The van der Waals surface area contributed by atoms with Gasteiger partial charge in [0.1, 0.15) is 6.10 Å². The fourth-order valence-electron chi connectivity index (χ4n) is 4.39. The average molecular weight is 425 g/mol. The molecule has 0 amide bonds. The monoisotopic (exact) mass is 424 g/mol. The molecule has 6 heteroatoms. The van der Waals surface area contributed by atoms with Gasteiger partial charge in [-0.25, -0.2) is 9.78 Å². The Bertz CT molecular complexity index is 942. The first-order chi connectivity index (χ1) is 15.2. The lowest BCUT2D eigenvalue weighted by Gasteiger charge is -2.16. The van der Waals surface area contributed by atoms with Gasteiger partial charge in [0.05, 0.1) is 19.3 Å². The van der Waals surface area contributed by atoms with E-state index >= 15 is 0 Å². The smallest absolute Gasteiger partial charge is 0.337 e. The molecule has 2 aromatic rings. The number of hydrogen-bond acceptors (Lipinski definition) is 5. The van der Waals surface area contributed by atoms with Gasteiger partial charge < -0.3 is 9.47 Å². The molecule has 5 nitrogen and oxygen atoms in total. The number of ether oxygens (including phenoxy) is 2. The molecule has 1 atom stereocenters. The average Bonchev–Trinajstić information content (AvgIpc) is 3.14. The molecule has 4 rings (SSSR count). The minimum Gasteiger partial charge on any atom is -0.473 e. The lowest BCUT2D eigenvalue weighted by atomic mass is 9.93. The van der Waals surface area contributed by atoms with Crippen LogP contribution in [0.1, 0.15) is 52.7 Å². The van der Waals surface area contributed by atoms with E-state index in [1.54, 1.807) is 0 Å². The van der Waals surface area contributed by atoms with Gasteiger partial charge in [-0.05, 0) is 67.0 Å². The minimum absolute atomic E-state index is 0.104. The SMILES string of the molecule is COC(=O)c1ccc2c(c1)CCCC=C2c1ccc(OC2CCN(CCCF)C2)nc1. The minimum atomic E-state index is -0.309. The van der Waals surface area contributed by atoms with E-state index in [-0.39, 0.29) is 18.7 Å². The number of carbonyl (C=O) groups is 1. The maximum Gasteiger partial charge on any atom is 0.337 e. The highest BCUT2D eigenvalue weighted by Crippen LogP contribution is 2.32. The van der Waals surface area contributed by atoms with Crippen molar-refractivity contribution in [3.63, 3.8) is 0 Å². The van der Waals surface area contributed by atoms with Gasteiger partial charge in [0.15, 0.2) is 0 Å². The quantitative estimate of drug-likeness (QED) is 0.615. The first-order valence-electron chi connectivity index (χ1n) is 11.0. The van der Waals surface area contributed by atoms with Crippen LogP contribution < -0.4 is 4.74 Å². The maximum absolute atomic E-state index is 12.4. The van der Waals surface area contributed by atoms with Crippen molar-refractivity contribution in [2.75, 3.05) is 33.4 Å². The Hall–Kier alpha value is -2.73. The molecule has 0 spiro atoms. The number of likely N-dealkylation sites (tertiary alicyclic amines) is 1. The van der Waals surface area contributed by atoms with E-state index in [2.05, 4.69) is 16.0 Å². The number of methoxy groups -OCH3 is 1. The number of alkyl halides is 1. The summed E-state index contributed by atoms with van der Waals surface area (Å²) >= 11 is 0. The lowest BCUT2D eigenvalue weighted by Crippen LogP contribution is -2.26. The summed E-state index contributed by atoms with van der Waals surface area (Å²) < 4.78 is 23.3. The summed E-state index contributed by atoms with van der Waals surface area (Å²) in [5.41, 5.74) is 5.06. The summed E-state index contributed by atoms with van der Waals surface area (Å²) in [5, 5.41) is 0. The molecule has 164 valence electrons. The predicted octanol–water partition coefficient (Wildman–Crippen LogP) is 4.45. The molecule has 0 saturated carbocycles. The Labute approximate surface area is 182 Å². The molecule has 2 heterocycles. The highest BCUT2D eigenvalue weighted by Gasteiger charge is 2.24. The fourth-order valence-corrected chi connectivity index (χ4v) is 4.39. The molecule has 1 aliphatic carbocycles. The van der Waals surface area contributed by atoms with Gasteiger partial charge in [0.2, 0.25) is 5.88 Å². The van der Waals surface area contributed by atoms with Gasteiger partial charge in [-0.1, -0.05) is 12.1 Å². The van der Waals surface area contributed by atoms with Crippen LogP contribution in [-0.4, -0.2) is 55.4 Å². The van der Waals surface area contributed by atoms with Gasteiger partial charge >= 0.3 is 5.97 Å². The molecule has 1 aliphatic heterocycles. The Balaban J connectivity index is 1.47. The Kier molecular flexibility index (Phi) is 6.97. The van der Waals surface area contributed by atoms with E-state index in [4.69, 9.17) is 9.47 Å². The highest BCUT2D eigenvalue weighted by molar-refractivity contribution is 5.91. The molecule has 1 unspecified atom stereocenters. The number of nitrogens with zero attached hydrogens (tertiary/aromatic N) is 2. The zero-order chi connectivity index (χ0) is 21.6. The molecule has 1 fully saturated rings. The van der Waals surface area contributed by atoms with Crippen molar-refractivity contribution in [1.29, 1.82) is 0 Å². The first-order valence-corrected chi connectivity index (χ1v) is 11.0. The van der Waals surface area contributed by atoms with Crippen LogP contribution in [0.3, 0.4) is 0 Å². The van der Waals surface area contributed by atoms with Crippen LogP contribution >= 0.6 is 0 Å². The van der Waals surface area contributed by atoms with Gasteiger partial charge in [-0.2, -0.15) is 0 Å². The van der Waals surface area contributed by atoms with Crippen molar-refractivity contribution in [1.82, 2.24) is 9.88 Å². The lowest BCUT2D eigenvalue weighted by molar-refractivity contribution is 0.0600.